The van der Waals surface area contributed by atoms with Crippen LogP contribution in [0.25, 0.3) is 0 Å². The number of nitrogens with one attached hydrogen (secondary N) is 1. The lowest BCUT2D eigenvalue weighted by Gasteiger charge is -2.34. The van der Waals surface area contributed by atoms with Gasteiger partial charge in [-0.05, 0) is 37.5 Å². The van der Waals surface area contributed by atoms with Crippen LogP contribution in [0.4, 0.5) is 4.39 Å². The lowest BCUT2D eigenvalue weighted by molar-refractivity contribution is 0.0278. The van der Waals surface area contributed by atoms with E-state index in [-0.39, 0.29) is 11.4 Å². The Kier molecular flexibility index (Phi) is 4.02. The fourth-order valence-corrected chi connectivity index (χ4v) is 2.28. The van der Waals surface area contributed by atoms with Gasteiger partial charge in [-0.25, -0.2) is 4.39 Å². The zero-order valence-electron chi connectivity index (χ0n) is 9.93. The van der Waals surface area contributed by atoms with Crippen molar-refractivity contribution < 1.29 is 9.13 Å². The van der Waals surface area contributed by atoms with E-state index in [1.54, 1.807) is 6.07 Å². The van der Waals surface area contributed by atoms with Gasteiger partial charge in [-0.15, -0.1) is 0 Å². The molecule has 2 rings (SSSR count). The smallest absolute Gasteiger partial charge is 0.124 e. The van der Waals surface area contributed by atoms with E-state index in [9.17, 15) is 4.39 Å². The molecule has 94 valence electrons. The zero-order valence-corrected chi connectivity index (χ0v) is 10.7. The van der Waals surface area contributed by atoms with Gasteiger partial charge in [-0.3, -0.25) is 0 Å². The molecular formula is C13H17ClFNO. The van der Waals surface area contributed by atoms with Crippen LogP contribution >= 0.6 is 11.6 Å². The highest BCUT2D eigenvalue weighted by Crippen LogP contribution is 2.21. The second-order valence-electron chi connectivity index (χ2n) is 4.81. The fraction of sp³-hybridized carbons (Fsp3) is 0.538. The molecule has 2 nitrogen and oxygen atoms in total. The van der Waals surface area contributed by atoms with Crippen LogP contribution in [-0.2, 0) is 11.3 Å². The molecule has 1 aromatic rings. The van der Waals surface area contributed by atoms with Crippen molar-refractivity contribution in [3.05, 3.63) is 34.6 Å². The normalized spacial score (nSPS) is 24.9. The van der Waals surface area contributed by atoms with Crippen LogP contribution in [0.2, 0.25) is 5.02 Å². The molecule has 0 radical (unpaired) electrons. The molecule has 1 aliphatic rings. The first-order valence-corrected chi connectivity index (χ1v) is 6.24. The van der Waals surface area contributed by atoms with E-state index in [0.29, 0.717) is 18.2 Å². The van der Waals surface area contributed by atoms with Crippen LogP contribution in [0, 0.1) is 5.82 Å². The lowest BCUT2D eigenvalue weighted by atomic mass is 9.94. The molecular weight excluding hydrogens is 241 g/mol. The molecule has 1 heterocycles. The second kappa shape index (κ2) is 5.34. The maximum absolute atomic E-state index is 12.9. The summed E-state index contributed by atoms with van der Waals surface area (Å²) in [4.78, 5) is 0. The van der Waals surface area contributed by atoms with Crippen LogP contribution in [0.3, 0.4) is 0 Å². The highest BCUT2D eigenvalue weighted by molar-refractivity contribution is 6.31. The van der Waals surface area contributed by atoms with Gasteiger partial charge in [0.25, 0.3) is 0 Å². The summed E-state index contributed by atoms with van der Waals surface area (Å²) >= 11 is 5.98. The molecule has 0 spiro atoms. The topological polar surface area (TPSA) is 21.3 Å². The van der Waals surface area contributed by atoms with Crippen LogP contribution in [0.5, 0.6) is 0 Å². The average molecular weight is 258 g/mol. The number of rotatable bonds is 3. The standard InChI is InChI=1S/C13H17ClFNO/c1-13(5-2-6-17-9-13)16-8-10-3-4-11(15)7-12(10)14/h3-4,7,16H,2,5-6,8-9H2,1H3. The molecule has 0 amide bonds. The Morgan fingerprint density at radius 3 is 3.00 bits per heavy atom. The Morgan fingerprint density at radius 1 is 1.53 bits per heavy atom. The van der Waals surface area contributed by atoms with Crippen LogP contribution in [0.1, 0.15) is 25.3 Å². The summed E-state index contributed by atoms with van der Waals surface area (Å²) < 4.78 is 18.4. The average Bonchev–Trinajstić information content (AvgIpc) is 2.29. The first-order chi connectivity index (χ1) is 8.09. The molecule has 1 unspecified atom stereocenters. The Hall–Kier alpha value is -0.640. The third kappa shape index (κ3) is 3.41. The molecule has 1 aliphatic heterocycles. The number of benzene rings is 1. The minimum absolute atomic E-state index is 0.00400. The SMILES string of the molecule is CC1(NCc2ccc(F)cc2Cl)CCCOC1. The molecule has 0 aromatic heterocycles. The van der Waals surface area contributed by atoms with Crippen LogP contribution < -0.4 is 5.32 Å². The first-order valence-electron chi connectivity index (χ1n) is 5.86. The van der Waals surface area contributed by atoms with Crippen molar-refractivity contribution >= 4 is 11.6 Å². The summed E-state index contributed by atoms with van der Waals surface area (Å²) in [6.45, 7) is 4.34. The van der Waals surface area contributed by atoms with E-state index >= 15 is 0 Å². The van der Waals surface area contributed by atoms with E-state index in [1.807, 2.05) is 0 Å². The van der Waals surface area contributed by atoms with Crippen molar-refractivity contribution in [1.82, 2.24) is 5.32 Å². The van der Waals surface area contributed by atoms with Crippen molar-refractivity contribution in [2.45, 2.75) is 31.8 Å². The third-order valence-electron chi connectivity index (χ3n) is 3.16. The lowest BCUT2D eigenvalue weighted by Crippen LogP contribution is -2.48. The number of ether oxygens (including phenoxy) is 1. The molecule has 0 saturated carbocycles. The second-order valence-corrected chi connectivity index (χ2v) is 5.21. The quantitative estimate of drug-likeness (QED) is 0.898. The van der Waals surface area contributed by atoms with Gasteiger partial charge in [-0.2, -0.15) is 0 Å². The summed E-state index contributed by atoms with van der Waals surface area (Å²) in [5.41, 5.74) is 0.913. The van der Waals surface area contributed by atoms with E-state index in [2.05, 4.69) is 12.2 Å². The van der Waals surface area contributed by atoms with Crippen LogP contribution in [-0.4, -0.2) is 18.8 Å². The molecule has 1 fully saturated rings. The van der Waals surface area contributed by atoms with Crippen molar-refractivity contribution in [3.63, 3.8) is 0 Å². The van der Waals surface area contributed by atoms with E-state index in [1.165, 1.54) is 12.1 Å². The highest BCUT2D eigenvalue weighted by Gasteiger charge is 2.26. The molecule has 0 aliphatic carbocycles. The van der Waals surface area contributed by atoms with Gasteiger partial charge in [0.2, 0.25) is 0 Å². The van der Waals surface area contributed by atoms with Crippen molar-refractivity contribution in [1.29, 1.82) is 0 Å². The summed E-state index contributed by atoms with van der Waals surface area (Å²) in [5, 5.41) is 3.91. The molecule has 1 saturated heterocycles. The predicted molar refractivity (Wildman–Crippen MR) is 66.7 cm³/mol. The predicted octanol–water partition coefficient (Wildman–Crippen LogP) is 3.14. The maximum Gasteiger partial charge on any atom is 0.124 e. The molecule has 0 bridgehead atoms. The minimum atomic E-state index is -0.300. The van der Waals surface area contributed by atoms with Gasteiger partial charge in [0.05, 0.1) is 6.61 Å². The van der Waals surface area contributed by atoms with Crippen molar-refractivity contribution in [2.24, 2.45) is 0 Å². The van der Waals surface area contributed by atoms with Gasteiger partial charge in [0, 0.05) is 23.7 Å². The van der Waals surface area contributed by atoms with E-state index in [4.69, 9.17) is 16.3 Å². The minimum Gasteiger partial charge on any atom is -0.380 e. The summed E-state index contributed by atoms with van der Waals surface area (Å²) in [6.07, 6.45) is 2.16. The van der Waals surface area contributed by atoms with Gasteiger partial charge in [0.1, 0.15) is 5.82 Å². The Bertz CT molecular complexity index is 391. The maximum atomic E-state index is 12.9. The summed E-state index contributed by atoms with van der Waals surface area (Å²) in [7, 11) is 0. The Labute approximate surface area is 106 Å². The molecule has 1 N–H and O–H groups in total. The molecule has 1 aromatic carbocycles. The first kappa shape index (κ1) is 12.8. The summed E-state index contributed by atoms with van der Waals surface area (Å²) in [5.74, 6) is -0.300. The van der Waals surface area contributed by atoms with Gasteiger partial charge in [-0.1, -0.05) is 17.7 Å². The monoisotopic (exact) mass is 257 g/mol. The number of hydrogen-bond donors (Lipinski definition) is 1. The van der Waals surface area contributed by atoms with E-state index < -0.39 is 0 Å². The highest BCUT2D eigenvalue weighted by atomic mass is 35.5. The zero-order chi connectivity index (χ0) is 12.3. The van der Waals surface area contributed by atoms with Crippen molar-refractivity contribution in [3.8, 4) is 0 Å². The third-order valence-corrected chi connectivity index (χ3v) is 3.51. The molecule has 17 heavy (non-hydrogen) atoms. The largest absolute Gasteiger partial charge is 0.380 e. The number of hydrogen-bond acceptors (Lipinski definition) is 2. The molecule has 4 heteroatoms. The van der Waals surface area contributed by atoms with Crippen molar-refractivity contribution in [2.75, 3.05) is 13.2 Å². The number of halogens is 2. The molecule has 1 atom stereocenters. The van der Waals surface area contributed by atoms with E-state index in [0.717, 1.165) is 25.0 Å². The summed E-state index contributed by atoms with van der Waals surface area (Å²) in [6, 6.07) is 4.50. The van der Waals surface area contributed by atoms with Crippen LogP contribution in [0.15, 0.2) is 18.2 Å². The van der Waals surface area contributed by atoms with Gasteiger partial charge < -0.3 is 10.1 Å². The Balaban J connectivity index is 1.97. The van der Waals surface area contributed by atoms with Gasteiger partial charge in [0.15, 0.2) is 0 Å². The Morgan fingerprint density at radius 2 is 2.35 bits per heavy atom. The fourth-order valence-electron chi connectivity index (χ4n) is 2.05. The van der Waals surface area contributed by atoms with Gasteiger partial charge >= 0.3 is 0 Å².